The van der Waals surface area contributed by atoms with Crippen molar-refractivity contribution in [2.24, 2.45) is 7.05 Å². The molecule has 102 valence electrons. The van der Waals surface area contributed by atoms with Crippen molar-refractivity contribution >= 4 is 23.1 Å². The van der Waals surface area contributed by atoms with Crippen molar-refractivity contribution in [3.63, 3.8) is 0 Å². The monoisotopic (exact) mass is 273 g/mol. The lowest BCUT2D eigenvalue weighted by molar-refractivity contribution is -0.671. The van der Waals surface area contributed by atoms with Crippen molar-refractivity contribution in [1.29, 1.82) is 0 Å². The summed E-state index contributed by atoms with van der Waals surface area (Å²) in [6, 6.07) is 12.5. The minimum Gasteiger partial charge on any atom is -0.335 e. The summed E-state index contributed by atoms with van der Waals surface area (Å²) in [5.74, 6) is 2.71. The van der Waals surface area contributed by atoms with Crippen molar-refractivity contribution < 1.29 is 4.57 Å². The first-order valence-corrected chi connectivity index (χ1v) is 6.92. The van der Waals surface area contributed by atoms with Gasteiger partial charge in [0.05, 0.1) is 6.54 Å². The van der Waals surface area contributed by atoms with E-state index in [1.165, 1.54) is 22.0 Å². The maximum absolute atomic E-state index is 5.45. The minimum absolute atomic E-state index is 0.593. The lowest BCUT2D eigenvalue weighted by atomic mass is 10.1. The van der Waals surface area contributed by atoms with Gasteiger partial charge >= 0.3 is 0 Å². The molecule has 0 N–H and O–H groups in total. The lowest BCUT2D eigenvalue weighted by Gasteiger charge is -1.97. The summed E-state index contributed by atoms with van der Waals surface area (Å²) in [5.41, 5.74) is 3.55. The van der Waals surface area contributed by atoms with Crippen LogP contribution in [-0.4, -0.2) is 4.57 Å². The second kappa shape index (κ2) is 5.68. The maximum Gasteiger partial charge on any atom is 0.169 e. The molecule has 0 aliphatic rings. The Balaban J connectivity index is 2.00. The molecule has 0 saturated heterocycles. The van der Waals surface area contributed by atoms with Crippen LogP contribution in [0.25, 0.3) is 23.1 Å². The van der Waals surface area contributed by atoms with Crippen LogP contribution < -0.4 is 4.57 Å². The highest BCUT2D eigenvalue weighted by atomic mass is 14.9. The van der Waals surface area contributed by atoms with Gasteiger partial charge in [0.25, 0.3) is 0 Å². The third-order valence-electron chi connectivity index (χ3n) is 3.54. The molecule has 21 heavy (non-hydrogen) atoms. The quantitative estimate of drug-likeness (QED) is 0.511. The van der Waals surface area contributed by atoms with Crippen LogP contribution in [-0.2, 0) is 13.6 Å². The average molecular weight is 273 g/mol. The Bertz CT molecular complexity index is 830. The summed E-state index contributed by atoms with van der Waals surface area (Å²) >= 11 is 0. The van der Waals surface area contributed by atoms with Gasteiger partial charge in [-0.05, 0) is 11.6 Å². The number of hydrogen-bond donors (Lipinski definition) is 0. The van der Waals surface area contributed by atoms with E-state index in [0.717, 1.165) is 0 Å². The molecule has 0 fully saturated rings. The lowest BCUT2D eigenvalue weighted by Crippen LogP contribution is -2.25. The summed E-state index contributed by atoms with van der Waals surface area (Å²) in [4.78, 5) is 0. The zero-order valence-electron chi connectivity index (χ0n) is 12.0. The summed E-state index contributed by atoms with van der Waals surface area (Å²) in [6.07, 6.45) is 15.9. The van der Waals surface area contributed by atoms with Gasteiger partial charge in [-0.15, -0.1) is 6.42 Å². The first kappa shape index (κ1) is 13.2. The molecular formula is C19H17N2+. The van der Waals surface area contributed by atoms with E-state index in [0.29, 0.717) is 6.54 Å². The first-order valence-electron chi connectivity index (χ1n) is 6.92. The smallest absolute Gasteiger partial charge is 0.169 e. The number of terminal acetylenes is 1. The van der Waals surface area contributed by atoms with Crippen molar-refractivity contribution in [3.05, 3.63) is 66.1 Å². The Morgan fingerprint density at radius 2 is 1.90 bits per heavy atom. The minimum atomic E-state index is 0.593. The predicted octanol–water partition coefficient (Wildman–Crippen LogP) is 3.27. The summed E-state index contributed by atoms with van der Waals surface area (Å²) < 4.78 is 4.14. The van der Waals surface area contributed by atoms with Crippen LogP contribution in [0.2, 0.25) is 0 Å². The predicted molar refractivity (Wildman–Crippen MR) is 87.3 cm³/mol. The summed E-state index contributed by atoms with van der Waals surface area (Å²) in [7, 11) is 2.01. The molecule has 2 heterocycles. The largest absolute Gasteiger partial charge is 0.335 e. The van der Waals surface area contributed by atoms with E-state index in [2.05, 4.69) is 59.2 Å². The van der Waals surface area contributed by atoms with E-state index in [-0.39, 0.29) is 0 Å². The van der Waals surface area contributed by atoms with E-state index in [9.17, 15) is 0 Å². The highest BCUT2D eigenvalue weighted by molar-refractivity contribution is 5.92. The maximum atomic E-state index is 5.45. The molecule has 2 heteroatoms. The highest BCUT2D eigenvalue weighted by Crippen LogP contribution is 2.23. The van der Waals surface area contributed by atoms with E-state index < -0.39 is 0 Å². The zero-order chi connectivity index (χ0) is 14.7. The fourth-order valence-electron chi connectivity index (χ4n) is 2.45. The molecule has 0 spiro atoms. The molecule has 0 aliphatic carbocycles. The second-order valence-electron chi connectivity index (χ2n) is 5.06. The Morgan fingerprint density at radius 1 is 1.14 bits per heavy atom. The van der Waals surface area contributed by atoms with Gasteiger partial charge in [0.2, 0.25) is 0 Å². The molecule has 1 aromatic carbocycles. The number of hydrogen-bond acceptors (Lipinski definition) is 0. The van der Waals surface area contributed by atoms with Gasteiger partial charge in [0, 0.05) is 34.8 Å². The standard InChI is InChI=1S/C19H17N2/c1-3-12-21-15-17(18-6-4-5-7-19(18)21)9-8-16-10-13-20(2)14-11-16/h1,4-11,13-15H,12H2,2H3/q+1. The molecule has 0 unspecified atom stereocenters. The van der Waals surface area contributed by atoms with E-state index in [4.69, 9.17) is 6.42 Å². The molecule has 0 aliphatic heterocycles. The molecule has 2 aromatic heterocycles. The van der Waals surface area contributed by atoms with Crippen molar-refractivity contribution in [3.8, 4) is 12.3 Å². The molecule has 2 nitrogen and oxygen atoms in total. The fraction of sp³-hybridized carbons (Fsp3) is 0.105. The average Bonchev–Trinajstić information content (AvgIpc) is 2.86. The van der Waals surface area contributed by atoms with Gasteiger partial charge in [-0.2, -0.15) is 0 Å². The Morgan fingerprint density at radius 3 is 2.67 bits per heavy atom. The van der Waals surface area contributed by atoms with Crippen molar-refractivity contribution in [2.75, 3.05) is 0 Å². The number of fused-ring (bicyclic) bond motifs is 1. The molecule has 0 amide bonds. The van der Waals surface area contributed by atoms with Gasteiger partial charge in [-0.25, -0.2) is 4.57 Å². The van der Waals surface area contributed by atoms with E-state index >= 15 is 0 Å². The fourth-order valence-corrected chi connectivity index (χ4v) is 2.45. The normalized spacial score (nSPS) is 11.0. The Labute approximate surface area is 125 Å². The van der Waals surface area contributed by atoms with Crippen LogP contribution in [0.4, 0.5) is 0 Å². The molecule has 0 bridgehead atoms. The van der Waals surface area contributed by atoms with Crippen LogP contribution in [0.1, 0.15) is 11.1 Å². The van der Waals surface area contributed by atoms with Crippen LogP contribution in [0.15, 0.2) is 55.0 Å². The molecule has 0 saturated carbocycles. The third-order valence-corrected chi connectivity index (χ3v) is 3.54. The van der Waals surface area contributed by atoms with Crippen molar-refractivity contribution in [2.45, 2.75) is 6.54 Å². The molecular weight excluding hydrogens is 256 g/mol. The van der Waals surface area contributed by atoms with E-state index in [1.807, 2.05) is 30.1 Å². The van der Waals surface area contributed by atoms with Crippen molar-refractivity contribution in [1.82, 2.24) is 4.57 Å². The number of aromatic nitrogens is 2. The van der Waals surface area contributed by atoms with Gasteiger partial charge in [-0.1, -0.05) is 36.3 Å². The zero-order valence-corrected chi connectivity index (χ0v) is 12.0. The number of benzene rings is 1. The molecule has 0 atom stereocenters. The number of nitrogens with zero attached hydrogens (tertiary/aromatic N) is 2. The number of aryl methyl sites for hydroxylation is 1. The SMILES string of the molecule is C#CCn1cc(/C=C/c2cc[n+](C)cc2)c2ccccc21. The third kappa shape index (κ3) is 2.73. The highest BCUT2D eigenvalue weighted by Gasteiger charge is 2.04. The Kier molecular flexibility index (Phi) is 3.57. The van der Waals surface area contributed by atoms with Crippen LogP contribution in [0.3, 0.4) is 0 Å². The number of pyridine rings is 1. The summed E-state index contributed by atoms with van der Waals surface area (Å²) in [5, 5.41) is 1.23. The number of para-hydroxylation sites is 1. The summed E-state index contributed by atoms with van der Waals surface area (Å²) in [6.45, 7) is 0.593. The topological polar surface area (TPSA) is 8.81 Å². The Hall–Kier alpha value is -2.79. The number of rotatable bonds is 3. The van der Waals surface area contributed by atoms with Gasteiger partial charge in [-0.3, -0.25) is 0 Å². The molecule has 0 radical (unpaired) electrons. The van der Waals surface area contributed by atoms with Gasteiger partial charge in [0.1, 0.15) is 7.05 Å². The van der Waals surface area contributed by atoms with Gasteiger partial charge in [0.15, 0.2) is 12.4 Å². The first-order chi connectivity index (χ1) is 10.3. The second-order valence-corrected chi connectivity index (χ2v) is 5.06. The van der Waals surface area contributed by atoms with Crippen LogP contribution in [0.5, 0.6) is 0 Å². The molecule has 3 rings (SSSR count). The van der Waals surface area contributed by atoms with Crippen LogP contribution >= 0.6 is 0 Å². The van der Waals surface area contributed by atoms with Gasteiger partial charge < -0.3 is 4.57 Å². The van der Waals surface area contributed by atoms with E-state index in [1.54, 1.807) is 0 Å². The molecule has 3 aromatic rings. The van der Waals surface area contributed by atoms with Crippen LogP contribution in [0, 0.1) is 12.3 Å².